The zero-order chi connectivity index (χ0) is 94.2. The number of fused-ring (bicyclic) bond motifs is 15. The van der Waals surface area contributed by atoms with Gasteiger partial charge >= 0.3 is 0 Å². The van der Waals surface area contributed by atoms with Gasteiger partial charge in [0.15, 0.2) is 28.9 Å². The number of nitrogens with zero attached hydrogens (tertiary/aromatic N) is 2. The number of terminal acetylenes is 1. The van der Waals surface area contributed by atoms with Gasteiger partial charge in [-0.15, -0.1) is 52.6 Å². The van der Waals surface area contributed by atoms with Crippen LogP contribution in [0.4, 0.5) is 0 Å². The van der Waals surface area contributed by atoms with Crippen molar-refractivity contribution in [2.24, 2.45) is 111 Å². The summed E-state index contributed by atoms with van der Waals surface area (Å²) in [6, 6.07) is 2.03. The highest BCUT2D eigenvalue weighted by atomic mass is 127. The van der Waals surface area contributed by atoms with Crippen molar-refractivity contribution in [1.29, 1.82) is 5.26 Å². The van der Waals surface area contributed by atoms with Gasteiger partial charge in [0, 0.05) is 64.6 Å². The van der Waals surface area contributed by atoms with E-state index < -0.39 is 48.5 Å². The highest BCUT2D eigenvalue weighted by Crippen LogP contribution is 2.74. The summed E-state index contributed by atoms with van der Waals surface area (Å²) in [5.41, 5.74) is 20.0. The first kappa shape index (κ1) is 113. The molecule has 9 saturated carbocycles. The topological polar surface area (TPSA) is 150 Å². The normalized spacial score (nSPS) is 36.8. The van der Waals surface area contributed by atoms with Gasteiger partial charge < -0.3 is 23.7 Å². The monoisotopic (exact) mass is 1990 g/mol. The van der Waals surface area contributed by atoms with E-state index in [2.05, 4.69) is 236 Å². The van der Waals surface area contributed by atoms with Gasteiger partial charge in [-0.2, -0.15) is 5.26 Å². The van der Waals surface area contributed by atoms with Crippen LogP contribution in [0.2, 0.25) is 78.6 Å². The molecule has 16 heteroatoms. The number of Topliss-reactive ketones (excluding diaryl/α,β-unsaturated/α-hetero) is 3. The third-order valence-corrected chi connectivity index (χ3v) is 40.1. The Bertz CT molecular complexity index is 5160. The smallest absolute Gasteiger partial charge is 0.226 e. The lowest BCUT2D eigenvalue weighted by Gasteiger charge is -2.64. The zero-order valence-corrected chi connectivity index (χ0v) is 91.1. The van der Waals surface area contributed by atoms with Crippen molar-refractivity contribution in [3.63, 3.8) is 0 Å². The van der Waals surface area contributed by atoms with Gasteiger partial charge in [0.05, 0.1) is 65.6 Å². The molecule has 17 rings (SSSR count). The van der Waals surface area contributed by atoms with Crippen LogP contribution >= 0.6 is 24.0 Å². The lowest BCUT2D eigenvalue weighted by Crippen LogP contribution is -2.61. The number of allylic oxidation sites excluding steroid dienone is 14. The average molecular weight is 1990 g/mol. The Morgan fingerprint density at radius 3 is 1.14 bits per heavy atom. The Morgan fingerprint density at radius 2 is 0.752 bits per heavy atom. The predicted molar refractivity (Wildman–Crippen MR) is 572 cm³/mol. The van der Waals surface area contributed by atoms with Crippen molar-refractivity contribution in [2.75, 3.05) is 26.4 Å². The maximum Gasteiger partial charge on any atom is 0.226 e. The molecule has 11 nitrogen and oxygen atoms in total. The van der Waals surface area contributed by atoms with Gasteiger partial charge in [0.2, 0.25) is 5.70 Å². The molecule has 0 N–H and O–H groups in total. The first-order valence-electron chi connectivity index (χ1n) is 49.9. The molecular formula is C117H177IN2O9Si4. The van der Waals surface area contributed by atoms with Crippen LogP contribution in [0.15, 0.2) is 81.7 Å². The molecule has 15 aliphatic carbocycles. The molecule has 0 aromatic heterocycles. The van der Waals surface area contributed by atoms with Gasteiger partial charge in [-0.1, -0.05) is 266 Å². The van der Waals surface area contributed by atoms with Crippen molar-refractivity contribution in [3.8, 4) is 64.3 Å². The Hall–Kier alpha value is -5.25. The van der Waals surface area contributed by atoms with E-state index in [0.29, 0.717) is 54.5 Å². The number of carbonyl (C=O) groups is 5. The average Bonchev–Trinajstić information content (AvgIpc) is 1.67. The molecule has 0 aromatic carbocycles. The van der Waals surface area contributed by atoms with Crippen LogP contribution in [-0.2, 0) is 42.9 Å². The summed E-state index contributed by atoms with van der Waals surface area (Å²) in [5.74, 6) is 20.0. The maximum atomic E-state index is 12.9. The van der Waals surface area contributed by atoms with Crippen LogP contribution in [-0.4, -0.2) is 99.2 Å². The summed E-state index contributed by atoms with van der Waals surface area (Å²) in [6.45, 7) is 71.8. The van der Waals surface area contributed by atoms with Crippen LogP contribution in [0.3, 0.4) is 0 Å². The van der Waals surface area contributed by atoms with E-state index in [0.717, 1.165) is 115 Å². The molecule has 2 spiro atoms. The van der Waals surface area contributed by atoms with Crippen molar-refractivity contribution in [3.05, 3.63) is 93.1 Å². The van der Waals surface area contributed by atoms with Crippen LogP contribution < -0.4 is 0 Å². The fourth-order valence-corrected chi connectivity index (χ4v) is 32.4. The Morgan fingerprint density at radius 1 is 0.398 bits per heavy atom. The van der Waals surface area contributed by atoms with E-state index in [1.54, 1.807) is 34.9 Å². The van der Waals surface area contributed by atoms with Crippen molar-refractivity contribution in [1.82, 2.24) is 0 Å². The highest BCUT2D eigenvalue weighted by molar-refractivity contribution is 14.0. The van der Waals surface area contributed by atoms with E-state index in [4.69, 9.17) is 31.9 Å². The summed E-state index contributed by atoms with van der Waals surface area (Å²) >= 11 is 0. The number of halogens is 1. The summed E-state index contributed by atoms with van der Waals surface area (Å²) in [7, 11) is -5.92. The van der Waals surface area contributed by atoms with Crippen molar-refractivity contribution in [2.45, 2.75) is 410 Å². The number of nitriles is 1. The minimum absolute atomic E-state index is 0. The molecule has 0 amide bonds. The van der Waals surface area contributed by atoms with Crippen molar-refractivity contribution >= 4 is 85.2 Å². The molecule has 0 radical (unpaired) electrons. The number of ether oxygens (including phenoxy) is 4. The zero-order valence-electron chi connectivity index (χ0n) is 84.8. The highest BCUT2D eigenvalue weighted by Gasteiger charge is 2.70. The van der Waals surface area contributed by atoms with Gasteiger partial charge in [0.25, 0.3) is 0 Å². The van der Waals surface area contributed by atoms with Crippen molar-refractivity contribution < 1.29 is 42.9 Å². The number of hydrogen-bond acceptors (Lipinski definition) is 10. The second kappa shape index (κ2) is 39.0. The molecule has 17 aliphatic rings. The fourth-order valence-electron chi connectivity index (χ4n) is 30.0. The van der Waals surface area contributed by atoms with E-state index in [1.165, 1.54) is 89.0 Å². The van der Waals surface area contributed by atoms with Gasteiger partial charge in [0.1, 0.15) is 49.9 Å². The summed E-state index contributed by atoms with van der Waals surface area (Å²) in [4.78, 5) is 66.5. The van der Waals surface area contributed by atoms with Crippen LogP contribution in [0, 0.1) is 187 Å². The van der Waals surface area contributed by atoms with Crippen LogP contribution in [0.1, 0.15) is 320 Å². The molecular weight excluding hydrogens is 1820 g/mol. The lowest BCUT2D eigenvalue weighted by molar-refractivity contribution is -0.284. The maximum absolute atomic E-state index is 12.9. The van der Waals surface area contributed by atoms with Gasteiger partial charge in [-0.05, 0) is 251 Å². The second-order valence-electron chi connectivity index (χ2n) is 50.8. The molecule has 0 bridgehead atoms. The van der Waals surface area contributed by atoms with Gasteiger partial charge in [-0.25, -0.2) is 4.85 Å². The largest absolute Gasteiger partial charge is 0.347 e. The number of hydrogen-bond donors (Lipinski definition) is 0. The van der Waals surface area contributed by atoms with E-state index in [9.17, 15) is 29.2 Å². The van der Waals surface area contributed by atoms with E-state index in [-0.39, 0.29) is 165 Å². The summed E-state index contributed by atoms with van der Waals surface area (Å²) in [5, 5.41) is 9.48. The van der Waals surface area contributed by atoms with Crippen LogP contribution in [0.25, 0.3) is 4.85 Å². The Balaban J connectivity index is 0.000000203. The first-order valence-corrected chi connectivity index (χ1v) is 63.9. The number of rotatable bonds is 0. The molecule has 11 fully saturated rings. The molecule has 2 aliphatic heterocycles. The lowest BCUT2D eigenvalue weighted by atomic mass is 9.43. The molecule has 732 valence electrons. The minimum Gasteiger partial charge on any atom is -0.347 e. The summed E-state index contributed by atoms with van der Waals surface area (Å²) in [6.07, 6.45) is 51.4. The standard InChI is InChI=1S/C24H26N2O2Si.C24H38O2Si.C22H32O2Si.C22H34OSi.C21H30O2.4CH4.HI/c1-22(2)19-8-9-24(10-11-29(5,6)7)13-16(15-25)18(27)12-20(24)23(19,3)14-17(26-4)21(22)28;1-21(2)19-10-12-23(15-18-27(4,5)6)11-8-7-9-20(23)22(19,3)13-14-24(21)25-16-17-26-24;1-20(2)17-8-12-22(13-14-25(4,5)6)11-7-16(23)15-18(22)21(17,3)10-9-19(20)24;1-20(2)17-10-14-22(15-16-24(4,5)6)12-8-7-9-18(22)21(17,3)13-11-19(20)23;1-5-20-10-7-6-8-17(20)19(4)12-13-21(22-14-15-23-21)18(2,3)16(19)9-11-20;;;;;/h12-14,19H,8-9H2,1-3,5-7H3;9,19H,7-8,10-14,16-17H2,1-6H3;15,17H,7-12H2,1-6H3;9,17H,7-8,10-14H2,1-6H3;1,8,16H,6-7,9-15H2,2-4H3;4*1H4;1H/t19-,23-,24+;19-,22-,23+;2*17-,21-,22+;16-,19-,20+;;;;;/m00000...../s1. The second-order valence-corrected chi connectivity index (χ2v) is 69.8. The Labute approximate surface area is 831 Å². The predicted octanol–water partition coefficient (Wildman–Crippen LogP) is 29.2. The number of ketones is 5. The molecule has 2 heterocycles. The number of carbonyl (C=O) groups excluding carboxylic acids is 5. The fraction of sp³-hybridized carbons (Fsp3) is 0.735. The molecule has 15 atom stereocenters. The summed E-state index contributed by atoms with van der Waals surface area (Å²) < 4.78 is 25.0. The third kappa shape index (κ3) is 19.8. The SMILES string of the molecule is C.C.C.C.C#C[C@]12CCCC=C1[C@@]1(C)CCC3(OCCO3)C(C)(C)[C@@H]1CC2.CC1(C)C(=O)CC[C@]2(C)C3=CC(=O)CC[C@]3(C#C[Si](C)(C)C)CC[C@@H]12.CC1(C)C(=O)CC[C@]2(C)C3=CCCC[C@]3(C#C[Si](C)(C)C)CC[C@@H]12.CC1(C)[C@@H]2CC[C@@]3(C#C[Si](C)(C)C)CCCC=C3[C@@]2(C)CCC12OCCO2.I.[C-]#[N+]C1=C[C@]2(C)C3=CC(=O)C(C#N)=C[C@]3(C#C[Si](C)(C)C)CC[C@H]2C(C)(C)C1=O. The third-order valence-electron chi connectivity index (χ3n) is 36.6. The quantitative estimate of drug-likeness (QED) is 0.0754. The van der Waals surface area contributed by atoms with Gasteiger partial charge in [-0.3, -0.25) is 19.2 Å². The van der Waals surface area contributed by atoms with E-state index in [1.807, 2.05) is 32.9 Å². The minimum atomic E-state index is -1.70. The van der Waals surface area contributed by atoms with E-state index >= 15 is 0 Å². The van der Waals surface area contributed by atoms with Crippen LogP contribution in [0.5, 0.6) is 0 Å². The molecule has 0 aromatic rings. The Kier molecular flexibility index (Phi) is 33.1. The molecule has 2 saturated heterocycles. The molecule has 0 unspecified atom stereocenters. The molecule has 133 heavy (non-hydrogen) atoms. The first-order chi connectivity index (χ1) is 59.2.